The minimum absolute atomic E-state index is 0.206. The first-order chi connectivity index (χ1) is 11.4. The van der Waals surface area contributed by atoms with Crippen LogP contribution in [0.1, 0.15) is 50.7 Å². The highest BCUT2D eigenvalue weighted by Crippen LogP contribution is 2.45. The number of hydrogen-bond donors (Lipinski definition) is 1. The highest BCUT2D eigenvalue weighted by Gasteiger charge is 2.30. The molecule has 0 bridgehead atoms. The Morgan fingerprint density at radius 3 is 2.42 bits per heavy atom. The van der Waals surface area contributed by atoms with E-state index in [1.54, 1.807) is 0 Å². The van der Waals surface area contributed by atoms with Crippen molar-refractivity contribution in [1.82, 2.24) is 4.90 Å². The second kappa shape index (κ2) is 6.63. The molecule has 24 heavy (non-hydrogen) atoms. The fourth-order valence-electron chi connectivity index (χ4n) is 3.20. The van der Waals surface area contributed by atoms with Crippen LogP contribution in [0.25, 0.3) is 0 Å². The number of benzene rings is 1. The summed E-state index contributed by atoms with van der Waals surface area (Å²) in [7, 11) is 0. The number of rotatable bonds is 3. The number of hydrogen-bond acceptors (Lipinski definition) is 4. The Morgan fingerprint density at radius 2 is 1.88 bits per heavy atom. The van der Waals surface area contributed by atoms with Crippen molar-refractivity contribution < 1.29 is 9.53 Å². The SMILES string of the molecule is CC(C)(C)OC(=O)N1CCN(c2ccc(CN)cc2C2CC2)CC1. The van der Waals surface area contributed by atoms with E-state index in [0.29, 0.717) is 25.6 Å². The van der Waals surface area contributed by atoms with Crippen LogP contribution in [0.2, 0.25) is 0 Å². The summed E-state index contributed by atoms with van der Waals surface area (Å²) in [5.41, 5.74) is 9.31. The van der Waals surface area contributed by atoms with E-state index >= 15 is 0 Å². The van der Waals surface area contributed by atoms with Crippen molar-refractivity contribution >= 4 is 11.8 Å². The van der Waals surface area contributed by atoms with E-state index in [9.17, 15) is 4.79 Å². The van der Waals surface area contributed by atoms with E-state index in [1.165, 1.54) is 29.7 Å². The number of nitrogens with zero attached hydrogens (tertiary/aromatic N) is 2. The molecule has 0 spiro atoms. The van der Waals surface area contributed by atoms with Crippen LogP contribution in [0.15, 0.2) is 18.2 Å². The molecule has 2 aliphatic rings. The molecule has 0 unspecified atom stereocenters. The zero-order valence-corrected chi connectivity index (χ0v) is 15.0. The number of nitrogens with two attached hydrogens (primary N) is 1. The number of ether oxygens (including phenoxy) is 1. The van der Waals surface area contributed by atoms with Crippen molar-refractivity contribution in [2.24, 2.45) is 5.73 Å². The Hall–Kier alpha value is -1.75. The maximum absolute atomic E-state index is 12.2. The van der Waals surface area contributed by atoms with Gasteiger partial charge >= 0.3 is 6.09 Å². The molecule has 5 heteroatoms. The van der Waals surface area contributed by atoms with Crippen molar-refractivity contribution in [2.75, 3.05) is 31.1 Å². The molecule has 0 atom stereocenters. The van der Waals surface area contributed by atoms with Gasteiger partial charge in [-0.15, -0.1) is 0 Å². The molecule has 1 aliphatic carbocycles. The van der Waals surface area contributed by atoms with Crippen LogP contribution in [0, 0.1) is 0 Å². The summed E-state index contributed by atoms with van der Waals surface area (Å²) >= 11 is 0. The summed E-state index contributed by atoms with van der Waals surface area (Å²) in [6.45, 7) is 9.41. The molecule has 2 fully saturated rings. The van der Waals surface area contributed by atoms with Crippen molar-refractivity contribution in [2.45, 2.75) is 51.7 Å². The van der Waals surface area contributed by atoms with E-state index in [1.807, 2.05) is 25.7 Å². The molecule has 1 amide bonds. The predicted octanol–water partition coefficient (Wildman–Crippen LogP) is 3.08. The van der Waals surface area contributed by atoms with Gasteiger partial charge in [-0.2, -0.15) is 0 Å². The largest absolute Gasteiger partial charge is 0.444 e. The van der Waals surface area contributed by atoms with Crippen molar-refractivity contribution in [3.63, 3.8) is 0 Å². The fourth-order valence-corrected chi connectivity index (χ4v) is 3.20. The summed E-state index contributed by atoms with van der Waals surface area (Å²) in [6, 6.07) is 6.60. The number of carbonyl (C=O) groups excluding carboxylic acids is 1. The molecule has 5 nitrogen and oxygen atoms in total. The van der Waals surface area contributed by atoms with Gasteiger partial charge in [-0.1, -0.05) is 12.1 Å². The summed E-state index contributed by atoms with van der Waals surface area (Å²) < 4.78 is 5.47. The zero-order chi connectivity index (χ0) is 17.3. The van der Waals surface area contributed by atoms with Gasteiger partial charge in [0.25, 0.3) is 0 Å². The Labute approximate surface area is 144 Å². The third-order valence-electron chi connectivity index (χ3n) is 4.62. The molecule has 1 saturated carbocycles. The average molecular weight is 331 g/mol. The van der Waals surface area contributed by atoms with Crippen molar-refractivity contribution in [3.8, 4) is 0 Å². The Bertz CT molecular complexity index is 597. The topological polar surface area (TPSA) is 58.8 Å². The summed E-state index contributed by atoms with van der Waals surface area (Å²) in [6.07, 6.45) is 2.35. The molecule has 132 valence electrons. The van der Waals surface area contributed by atoms with E-state index in [-0.39, 0.29) is 6.09 Å². The number of amides is 1. The van der Waals surface area contributed by atoms with Crippen LogP contribution in [-0.2, 0) is 11.3 Å². The van der Waals surface area contributed by atoms with Crippen LogP contribution in [0.3, 0.4) is 0 Å². The summed E-state index contributed by atoms with van der Waals surface area (Å²) in [4.78, 5) is 16.4. The first-order valence-electron chi connectivity index (χ1n) is 8.93. The van der Waals surface area contributed by atoms with Gasteiger partial charge < -0.3 is 20.3 Å². The lowest BCUT2D eigenvalue weighted by molar-refractivity contribution is 0.0240. The van der Waals surface area contributed by atoms with Gasteiger partial charge in [0, 0.05) is 38.4 Å². The van der Waals surface area contributed by atoms with Gasteiger partial charge in [-0.05, 0) is 56.7 Å². The third-order valence-corrected chi connectivity index (χ3v) is 4.62. The smallest absolute Gasteiger partial charge is 0.410 e. The van der Waals surface area contributed by atoms with Gasteiger partial charge in [-0.25, -0.2) is 4.79 Å². The van der Waals surface area contributed by atoms with Crippen LogP contribution < -0.4 is 10.6 Å². The molecule has 1 saturated heterocycles. The zero-order valence-electron chi connectivity index (χ0n) is 15.0. The van der Waals surface area contributed by atoms with E-state index in [0.717, 1.165) is 13.1 Å². The van der Waals surface area contributed by atoms with Gasteiger partial charge in [-0.3, -0.25) is 0 Å². The van der Waals surface area contributed by atoms with Gasteiger partial charge in [0.2, 0.25) is 0 Å². The summed E-state index contributed by atoms with van der Waals surface area (Å²) in [5.74, 6) is 0.690. The van der Waals surface area contributed by atoms with E-state index in [2.05, 4.69) is 23.1 Å². The maximum Gasteiger partial charge on any atom is 0.410 e. The Kier molecular flexibility index (Phi) is 4.72. The number of piperazine rings is 1. The predicted molar refractivity (Wildman–Crippen MR) is 96.3 cm³/mol. The maximum atomic E-state index is 12.2. The Balaban J connectivity index is 1.66. The first kappa shape index (κ1) is 17.1. The lowest BCUT2D eigenvalue weighted by Crippen LogP contribution is -2.50. The molecule has 1 heterocycles. The van der Waals surface area contributed by atoms with Gasteiger partial charge in [0.15, 0.2) is 0 Å². The molecule has 2 N–H and O–H groups in total. The van der Waals surface area contributed by atoms with Crippen LogP contribution in [0.5, 0.6) is 0 Å². The van der Waals surface area contributed by atoms with Gasteiger partial charge in [0.05, 0.1) is 0 Å². The Morgan fingerprint density at radius 1 is 1.21 bits per heavy atom. The molecular weight excluding hydrogens is 302 g/mol. The first-order valence-corrected chi connectivity index (χ1v) is 8.93. The lowest BCUT2D eigenvalue weighted by atomic mass is 10.0. The molecule has 1 aromatic carbocycles. The number of carbonyl (C=O) groups is 1. The molecular formula is C19H29N3O2. The molecule has 0 radical (unpaired) electrons. The number of anilines is 1. The summed E-state index contributed by atoms with van der Waals surface area (Å²) in [5, 5.41) is 0. The molecule has 1 aromatic rings. The third kappa shape index (κ3) is 4.01. The van der Waals surface area contributed by atoms with E-state index in [4.69, 9.17) is 10.5 Å². The van der Waals surface area contributed by atoms with Crippen molar-refractivity contribution in [3.05, 3.63) is 29.3 Å². The molecule has 0 aromatic heterocycles. The monoisotopic (exact) mass is 331 g/mol. The molecule has 3 rings (SSSR count). The van der Waals surface area contributed by atoms with Gasteiger partial charge in [0.1, 0.15) is 5.60 Å². The second-order valence-electron chi connectivity index (χ2n) is 7.83. The minimum Gasteiger partial charge on any atom is -0.444 e. The average Bonchev–Trinajstić information content (AvgIpc) is 3.37. The van der Waals surface area contributed by atoms with Crippen LogP contribution in [-0.4, -0.2) is 42.8 Å². The van der Waals surface area contributed by atoms with Crippen molar-refractivity contribution in [1.29, 1.82) is 0 Å². The fraction of sp³-hybridized carbons (Fsp3) is 0.632. The quantitative estimate of drug-likeness (QED) is 0.925. The molecule has 1 aliphatic heterocycles. The second-order valence-corrected chi connectivity index (χ2v) is 7.83. The highest BCUT2D eigenvalue weighted by atomic mass is 16.6. The minimum atomic E-state index is -0.439. The van der Waals surface area contributed by atoms with Crippen LogP contribution >= 0.6 is 0 Å². The normalized spacial score (nSPS) is 18.7. The van der Waals surface area contributed by atoms with E-state index < -0.39 is 5.60 Å². The standard InChI is InChI=1S/C19H29N3O2/c1-19(2,3)24-18(23)22-10-8-21(9-11-22)17-7-4-14(13-20)12-16(17)15-5-6-15/h4,7,12,15H,5-6,8-11,13,20H2,1-3H3. The van der Waals surface area contributed by atoms with Crippen LogP contribution in [0.4, 0.5) is 10.5 Å². The lowest BCUT2D eigenvalue weighted by Gasteiger charge is -2.37. The highest BCUT2D eigenvalue weighted by molar-refractivity contribution is 5.69.